The number of sulfone groups is 1. The van der Waals surface area contributed by atoms with Crippen molar-refractivity contribution in [2.24, 2.45) is 0 Å². The third kappa shape index (κ3) is 16.0. The molecule has 0 saturated heterocycles. The molecular formula is C24H46N2O13P2S. The van der Waals surface area contributed by atoms with Crippen molar-refractivity contribution in [3.05, 3.63) is 6.07 Å². The van der Waals surface area contributed by atoms with Gasteiger partial charge in [-0.25, -0.2) is 8.42 Å². The number of aromatic nitrogens is 2. The van der Waals surface area contributed by atoms with Crippen LogP contribution in [0, 0.1) is 0 Å². The molecule has 246 valence electrons. The Hall–Kier alpha value is -1.19. The monoisotopic (exact) mass is 664 g/mol. The van der Waals surface area contributed by atoms with Crippen LogP contribution in [0.3, 0.4) is 0 Å². The normalized spacial score (nSPS) is 13.9. The fourth-order valence-corrected chi connectivity index (χ4v) is 7.23. The van der Waals surface area contributed by atoms with Crippen LogP contribution in [0.1, 0.15) is 55.4 Å². The van der Waals surface area contributed by atoms with Gasteiger partial charge in [-0.2, -0.15) is 9.97 Å². The van der Waals surface area contributed by atoms with E-state index < -0.39 is 61.5 Å². The van der Waals surface area contributed by atoms with E-state index in [1.807, 2.05) is 0 Å². The van der Waals surface area contributed by atoms with E-state index in [0.29, 0.717) is 0 Å². The molecule has 1 aromatic rings. The van der Waals surface area contributed by atoms with E-state index in [2.05, 4.69) is 9.97 Å². The molecule has 0 bridgehead atoms. The second kappa shape index (κ2) is 17.9. The molecule has 0 aliphatic carbocycles. The van der Waals surface area contributed by atoms with Crippen molar-refractivity contribution in [1.82, 2.24) is 9.97 Å². The smallest absolute Gasteiger partial charge is 0.356 e. The SMILES string of the molecule is CC(C)OP(=O)(COCCOc1cc(OC[C@@H](CO)OCP(=O)(OC(C)C)OC(C)C)nc(S(C)(=O)=O)n1)OC(C)C. The van der Waals surface area contributed by atoms with E-state index in [-0.39, 0.29) is 50.1 Å². The first-order chi connectivity index (χ1) is 19.4. The zero-order chi connectivity index (χ0) is 32.1. The van der Waals surface area contributed by atoms with Gasteiger partial charge in [0, 0.05) is 6.26 Å². The van der Waals surface area contributed by atoms with Crippen molar-refractivity contribution in [3.63, 3.8) is 0 Å². The molecule has 0 spiro atoms. The highest BCUT2D eigenvalue weighted by Crippen LogP contribution is 2.51. The van der Waals surface area contributed by atoms with Gasteiger partial charge in [0.25, 0.3) is 5.16 Å². The van der Waals surface area contributed by atoms with Crippen molar-refractivity contribution in [2.75, 3.05) is 45.4 Å². The van der Waals surface area contributed by atoms with E-state index in [0.717, 1.165) is 6.26 Å². The van der Waals surface area contributed by atoms with Gasteiger partial charge in [-0.15, -0.1) is 0 Å². The molecule has 0 amide bonds. The Morgan fingerprint density at radius 2 is 1.21 bits per heavy atom. The fourth-order valence-electron chi connectivity index (χ4n) is 3.06. The first kappa shape index (κ1) is 38.8. The lowest BCUT2D eigenvalue weighted by Crippen LogP contribution is -2.27. The van der Waals surface area contributed by atoms with Crippen molar-refractivity contribution in [1.29, 1.82) is 0 Å². The maximum Gasteiger partial charge on any atom is 0.356 e. The minimum atomic E-state index is -3.86. The minimum absolute atomic E-state index is 0.0430. The number of ether oxygens (including phenoxy) is 4. The summed E-state index contributed by atoms with van der Waals surface area (Å²) in [6.07, 6.45) is -2.28. The van der Waals surface area contributed by atoms with Gasteiger partial charge in [0.15, 0.2) is 0 Å². The summed E-state index contributed by atoms with van der Waals surface area (Å²) in [6, 6.07) is 1.24. The van der Waals surface area contributed by atoms with E-state index in [9.17, 15) is 22.7 Å². The molecule has 18 heteroatoms. The number of hydrogen-bond acceptors (Lipinski definition) is 15. The number of aliphatic hydroxyl groups excluding tert-OH is 1. The van der Waals surface area contributed by atoms with Gasteiger partial charge >= 0.3 is 15.2 Å². The summed E-state index contributed by atoms with van der Waals surface area (Å²) in [6.45, 7) is 12.8. The van der Waals surface area contributed by atoms with Gasteiger partial charge in [-0.05, 0) is 55.4 Å². The Balaban J connectivity index is 2.86. The van der Waals surface area contributed by atoms with Crippen LogP contribution in [0.5, 0.6) is 11.8 Å². The summed E-state index contributed by atoms with van der Waals surface area (Å²) in [4.78, 5) is 7.78. The van der Waals surface area contributed by atoms with E-state index in [1.165, 1.54) is 6.07 Å². The molecule has 0 radical (unpaired) electrons. The van der Waals surface area contributed by atoms with Crippen LogP contribution < -0.4 is 9.47 Å². The van der Waals surface area contributed by atoms with Crippen molar-refractivity contribution >= 4 is 25.0 Å². The number of rotatable bonds is 22. The molecule has 15 nitrogen and oxygen atoms in total. The highest BCUT2D eigenvalue weighted by atomic mass is 32.2. The zero-order valence-electron chi connectivity index (χ0n) is 25.8. The maximum atomic E-state index is 13.0. The fraction of sp³-hybridized carbons (Fsp3) is 0.833. The summed E-state index contributed by atoms with van der Waals surface area (Å²) in [5.41, 5.74) is 0. The Morgan fingerprint density at radius 1 is 0.762 bits per heavy atom. The van der Waals surface area contributed by atoms with Crippen LogP contribution in [-0.2, 0) is 46.5 Å². The summed E-state index contributed by atoms with van der Waals surface area (Å²) in [5, 5.41) is 9.18. The van der Waals surface area contributed by atoms with E-state index in [1.54, 1.807) is 55.4 Å². The maximum absolute atomic E-state index is 13.0. The highest BCUT2D eigenvalue weighted by molar-refractivity contribution is 7.90. The van der Waals surface area contributed by atoms with Crippen LogP contribution in [0.2, 0.25) is 0 Å². The van der Waals surface area contributed by atoms with Gasteiger partial charge in [-0.1, -0.05) is 0 Å². The quantitative estimate of drug-likeness (QED) is 0.106. The number of aliphatic hydroxyl groups is 1. The van der Waals surface area contributed by atoms with Crippen LogP contribution in [0.4, 0.5) is 0 Å². The van der Waals surface area contributed by atoms with Crippen LogP contribution in [0.25, 0.3) is 0 Å². The van der Waals surface area contributed by atoms with Crippen LogP contribution in [0.15, 0.2) is 11.2 Å². The lowest BCUT2D eigenvalue weighted by molar-refractivity contribution is -0.00627. The second-order valence-corrected chi connectivity index (χ2v) is 15.9. The molecule has 42 heavy (non-hydrogen) atoms. The molecule has 1 rings (SSSR count). The first-order valence-electron chi connectivity index (χ1n) is 13.4. The summed E-state index contributed by atoms with van der Waals surface area (Å²) in [5.74, 6) is -0.311. The molecule has 0 aliphatic heterocycles. The molecule has 0 fully saturated rings. The molecule has 1 atom stereocenters. The van der Waals surface area contributed by atoms with Crippen LogP contribution >= 0.6 is 15.2 Å². The Labute approximate surface area is 248 Å². The van der Waals surface area contributed by atoms with E-state index in [4.69, 9.17) is 37.0 Å². The molecule has 1 N–H and O–H groups in total. The molecule has 0 aromatic carbocycles. The number of hydrogen-bond donors (Lipinski definition) is 1. The molecule has 0 unspecified atom stereocenters. The highest BCUT2D eigenvalue weighted by Gasteiger charge is 2.30. The second-order valence-electron chi connectivity index (χ2n) is 10.2. The first-order valence-corrected chi connectivity index (χ1v) is 18.8. The van der Waals surface area contributed by atoms with E-state index >= 15 is 0 Å². The lowest BCUT2D eigenvalue weighted by atomic mass is 10.4. The predicted octanol–water partition coefficient (Wildman–Crippen LogP) is 4.03. The summed E-state index contributed by atoms with van der Waals surface area (Å²) in [7, 11) is -11.0. The zero-order valence-corrected chi connectivity index (χ0v) is 28.4. The van der Waals surface area contributed by atoms with Gasteiger partial charge in [-0.3, -0.25) is 9.13 Å². The third-order valence-electron chi connectivity index (χ3n) is 4.29. The average molecular weight is 665 g/mol. The summed E-state index contributed by atoms with van der Waals surface area (Å²) >= 11 is 0. The largest absolute Gasteiger partial charge is 0.475 e. The van der Waals surface area contributed by atoms with Gasteiger partial charge in [0.05, 0.1) is 43.7 Å². The van der Waals surface area contributed by atoms with Crippen molar-refractivity contribution in [3.8, 4) is 11.8 Å². The standard InChI is InChI=1S/C24H46N2O13P2S/c1-17(2)36-40(28,37-18(3)4)15-32-10-11-33-22-12-23(26-24(25-22)42(9,30)31)34-14-21(13-27)35-16-41(29,38-19(5)6)39-20(7)8/h12,17-21,27H,10-11,13-16H2,1-9H3/t21-/m1/s1. The molecule has 0 saturated carbocycles. The molecular weight excluding hydrogens is 618 g/mol. The molecule has 1 aromatic heterocycles. The Bertz CT molecular complexity index is 1120. The van der Waals surface area contributed by atoms with Gasteiger partial charge in [0.1, 0.15) is 32.0 Å². The van der Waals surface area contributed by atoms with Crippen LogP contribution in [-0.4, -0.2) is 99.4 Å². The number of nitrogens with zero attached hydrogens (tertiary/aromatic N) is 2. The third-order valence-corrected chi connectivity index (χ3v) is 9.07. The molecule has 1 heterocycles. The Morgan fingerprint density at radius 3 is 1.64 bits per heavy atom. The topological polar surface area (TPSA) is 188 Å². The minimum Gasteiger partial charge on any atom is -0.475 e. The van der Waals surface area contributed by atoms with Gasteiger partial charge in [0.2, 0.25) is 21.6 Å². The van der Waals surface area contributed by atoms with Crippen molar-refractivity contribution in [2.45, 2.75) is 91.1 Å². The lowest BCUT2D eigenvalue weighted by Gasteiger charge is -2.24. The summed E-state index contributed by atoms with van der Waals surface area (Å²) < 4.78 is 93.8. The van der Waals surface area contributed by atoms with Gasteiger partial charge < -0.3 is 42.1 Å². The van der Waals surface area contributed by atoms with Crippen molar-refractivity contribution < 1.29 is 59.7 Å². The average Bonchev–Trinajstić information content (AvgIpc) is 2.81. The molecule has 0 aliphatic rings. The Kier molecular flexibility index (Phi) is 16.6. The predicted molar refractivity (Wildman–Crippen MR) is 154 cm³/mol.